The van der Waals surface area contributed by atoms with E-state index in [4.69, 9.17) is 11.6 Å². The van der Waals surface area contributed by atoms with Gasteiger partial charge in [0.1, 0.15) is 0 Å². The summed E-state index contributed by atoms with van der Waals surface area (Å²) >= 11 is 7.96. The Morgan fingerprint density at radius 2 is 1.82 bits per heavy atom. The lowest BCUT2D eigenvalue weighted by atomic mass is 10.2. The van der Waals surface area contributed by atoms with Gasteiger partial charge in [-0.25, -0.2) is 0 Å². The molecule has 3 heteroatoms. The molecule has 0 saturated heterocycles. The largest absolute Gasteiger partial charge is 0.316 e. The molecular weight excluding hydrogens is 250 g/mol. The van der Waals surface area contributed by atoms with Crippen molar-refractivity contribution >= 4 is 23.4 Å². The Morgan fingerprint density at radius 1 is 1.06 bits per heavy atom. The minimum atomic E-state index is 0.787. The van der Waals surface area contributed by atoms with Crippen LogP contribution < -0.4 is 5.32 Å². The maximum Gasteiger partial charge on any atom is 0.0462 e. The van der Waals surface area contributed by atoms with E-state index in [0.717, 1.165) is 17.1 Å². The molecule has 0 heterocycles. The van der Waals surface area contributed by atoms with E-state index in [9.17, 15) is 0 Å². The molecule has 0 unspecified atom stereocenters. The van der Waals surface area contributed by atoms with E-state index >= 15 is 0 Å². The van der Waals surface area contributed by atoms with Gasteiger partial charge >= 0.3 is 0 Å². The first kappa shape index (κ1) is 12.5. The van der Waals surface area contributed by atoms with Crippen LogP contribution in [-0.2, 0) is 6.54 Å². The summed E-state index contributed by atoms with van der Waals surface area (Å²) in [4.78, 5) is 2.44. The fourth-order valence-corrected chi connectivity index (χ4v) is 2.89. The van der Waals surface area contributed by atoms with Gasteiger partial charge in [0, 0.05) is 21.4 Å². The molecule has 0 aliphatic rings. The number of halogens is 1. The number of rotatable bonds is 4. The van der Waals surface area contributed by atoms with Crippen molar-refractivity contribution < 1.29 is 0 Å². The average Bonchev–Trinajstić information content (AvgIpc) is 2.35. The van der Waals surface area contributed by atoms with Gasteiger partial charge in [-0.15, -0.1) is 0 Å². The first-order valence-corrected chi connectivity index (χ1v) is 6.65. The van der Waals surface area contributed by atoms with Crippen LogP contribution in [0.3, 0.4) is 0 Å². The molecule has 0 atom stereocenters. The van der Waals surface area contributed by atoms with E-state index in [1.54, 1.807) is 11.8 Å². The molecule has 0 aliphatic carbocycles. The van der Waals surface area contributed by atoms with Crippen LogP contribution in [0.1, 0.15) is 5.56 Å². The van der Waals surface area contributed by atoms with E-state index in [2.05, 4.69) is 23.5 Å². The van der Waals surface area contributed by atoms with E-state index in [1.807, 2.05) is 37.4 Å². The summed E-state index contributed by atoms with van der Waals surface area (Å²) < 4.78 is 0. The first-order chi connectivity index (χ1) is 8.31. The number of hydrogen-bond acceptors (Lipinski definition) is 2. The van der Waals surface area contributed by atoms with Gasteiger partial charge in [0.2, 0.25) is 0 Å². The molecule has 0 radical (unpaired) electrons. The molecule has 0 aromatic heterocycles. The second-order valence-corrected chi connectivity index (χ2v) is 5.18. The topological polar surface area (TPSA) is 12.0 Å². The third-order valence-corrected chi connectivity index (χ3v) is 3.86. The zero-order valence-electron chi connectivity index (χ0n) is 9.61. The molecule has 2 aromatic carbocycles. The van der Waals surface area contributed by atoms with Crippen molar-refractivity contribution in [2.24, 2.45) is 0 Å². The van der Waals surface area contributed by atoms with Crippen molar-refractivity contribution in [1.82, 2.24) is 5.32 Å². The van der Waals surface area contributed by atoms with Gasteiger partial charge in [-0.05, 0) is 36.9 Å². The molecule has 0 spiro atoms. The van der Waals surface area contributed by atoms with Crippen molar-refractivity contribution in [3.8, 4) is 0 Å². The zero-order chi connectivity index (χ0) is 12.1. The van der Waals surface area contributed by atoms with Gasteiger partial charge in [-0.3, -0.25) is 0 Å². The molecule has 1 N–H and O–H groups in total. The number of benzene rings is 2. The molecule has 2 aromatic rings. The van der Waals surface area contributed by atoms with Crippen LogP contribution in [0.5, 0.6) is 0 Å². The molecule has 2 rings (SSSR count). The van der Waals surface area contributed by atoms with E-state index in [1.165, 1.54) is 9.79 Å². The fourth-order valence-electron chi connectivity index (χ4n) is 1.60. The predicted octanol–water partition coefficient (Wildman–Crippen LogP) is 4.21. The Hall–Kier alpha value is -0.960. The van der Waals surface area contributed by atoms with Crippen molar-refractivity contribution in [1.29, 1.82) is 0 Å². The Balaban J connectivity index is 2.29. The number of hydrogen-bond donors (Lipinski definition) is 1. The lowest BCUT2D eigenvalue weighted by Crippen LogP contribution is -2.06. The van der Waals surface area contributed by atoms with E-state index in [-0.39, 0.29) is 0 Å². The number of nitrogens with one attached hydrogen (secondary N) is 1. The smallest absolute Gasteiger partial charge is 0.0462 e. The highest BCUT2D eigenvalue weighted by atomic mass is 35.5. The summed E-state index contributed by atoms with van der Waals surface area (Å²) in [5, 5.41) is 3.97. The summed E-state index contributed by atoms with van der Waals surface area (Å²) in [6.45, 7) is 0.787. The fraction of sp³-hybridized carbons (Fsp3) is 0.143. The normalized spacial score (nSPS) is 10.5. The predicted molar refractivity (Wildman–Crippen MR) is 74.8 cm³/mol. The Kier molecular flexibility index (Phi) is 4.49. The first-order valence-electron chi connectivity index (χ1n) is 5.46. The minimum absolute atomic E-state index is 0.787. The van der Waals surface area contributed by atoms with Gasteiger partial charge in [0.25, 0.3) is 0 Å². The molecule has 17 heavy (non-hydrogen) atoms. The molecule has 0 amide bonds. The second-order valence-electron chi connectivity index (χ2n) is 3.66. The molecule has 1 nitrogen and oxygen atoms in total. The van der Waals surface area contributed by atoms with Gasteiger partial charge in [0.05, 0.1) is 0 Å². The maximum absolute atomic E-state index is 6.22. The highest BCUT2D eigenvalue weighted by molar-refractivity contribution is 7.99. The van der Waals surface area contributed by atoms with Crippen molar-refractivity contribution in [3.05, 3.63) is 59.1 Å². The minimum Gasteiger partial charge on any atom is -0.316 e. The molecule has 0 bridgehead atoms. The Bertz CT molecular complexity index is 485. The molecule has 0 aliphatic heterocycles. The van der Waals surface area contributed by atoms with Crippen LogP contribution in [0.15, 0.2) is 58.3 Å². The highest BCUT2D eigenvalue weighted by Crippen LogP contribution is 2.33. The van der Waals surface area contributed by atoms with Crippen LogP contribution in [0, 0.1) is 0 Å². The summed E-state index contributed by atoms with van der Waals surface area (Å²) in [5.41, 5.74) is 1.16. The van der Waals surface area contributed by atoms with Crippen LogP contribution in [0.25, 0.3) is 0 Å². The quantitative estimate of drug-likeness (QED) is 0.887. The molecule has 0 saturated carbocycles. The van der Waals surface area contributed by atoms with Gasteiger partial charge in [-0.2, -0.15) is 0 Å². The van der Waals surface area contributed by atoms with Crippen LogP contribution in [-0.4, -0.2) is 7.05 Å². The monoisotopic (exact) mass is 263 g/mol. The van der Waals surface area contributed by atoms with Gasteiger partial charge in [0.15, 0.2) is 0 Å². The van der Waals surface area contributed by atoms with Crippen molar-refractivity contribution in [3.63, 3.8) is 0 Å². The van der Waals surface area contributed by atoms with Gasteiger partial charge in [-0.1, -0.05) is 47.6 Å². The molecular formula is C14H14ClNS. The molecule has 88 valence electrons. The zero-order valence-corrected chi connectivity index (χ0v) is 11.2. The Labute approximate surface area is 111 Å². The summed E-state index contributed by atoms with van der Waals surface area (Å²) in [7, 11) is 1.93. The maximum atomic E-state index is 6.22. The van der Waals surface area contributed by atoms with Crippen LogP contribution in [0.4, 0.5) is 0 Å². The summed E-state index contributed by atoms with van der Waals surface area (Å²) in [5.74, 6) is 0. The van der Waals surface area contributed by atoms with Crippen molar-refractivity contribution in [2.45, 2.75) is 16.3 Å². The van der Waals surface area contributed by atoms with E-state index in [0.29, 0.717) is 0 Å². The van der Waals surface area contributed by atoms with Crippen molar-refractivity contribution in [2.75, 3.05) is 7.05 Å². The van der Waals surface area contributed by atoms with Crippen LogP contribution >= 0.6 is 23.4 Å². The Morgan fingerprint density at radius 3 is 2.53 bits per heavy atom. The van der Waals surface area contributed by atoms with Crippen LogP contribution in [0.2, 0.25) is 5.02 Å². The van der Waals surface area contributed by atoms with E-state index < -0.39 is 0 Å². The van der Waals surface area contributed by atoms with Gasteiger partial charge < -0.3 is 5.32 Å². The standard InChI is InChI=1S/C14H14ClNS/c1-16-10-12-13(15)8-5-9-14(12)17-11-6-3-2-4-7-11/h2-9,16H,10H2,1H3. The lowest BCUT2D eigenvalue weighted by molar-refractivity contribution is 0.803. The SMILES string of the molecule is CNCc1c(Cl)cccc1Sc1ccccc1. The third kappa shape index (κ3) is 3.25. The highest BCUT2D eigenvalue weighted by Gasteiger charge is 2.07. The second kappa shape index (κ2) is 6.10. The molecule has 0 fully saturated rings. The lowest BCUT2D eigenvalue weighted by Gasteiger charge is -2.10. The summed E-state index contributed by atoms with van der Waals surface area (Å²) in [6.07, 6.45) is 0. The third-order valence-electron chi connectivity index (χ3n) is 2.40. The summed E-state index contributed by atoms with van der Waals surface area (Å²) in [6, 6.07) is 16.4. The average molecular weight is 264 g/mol.